The predicted octanol–water partition coefficient (Wildman–Crippen LogP) is -0.512. The minimum atomic E-state index is -3.56. The summed E-state index contributed by atoms with van der Waals surface area (Å²) in [5, 5.41) is 12.9. The van der Waals surface area contributed by atoms with Gasteiger partial charge in [-0.15, -0.1) is 0 Å². The number of hydrogen-bond donors (Lipinski definition) is 2. The molecule has 1 fully saturated rings. The van der Waals surface area contributed by atoms with Crippen molar-refractivity contribution in [2.24, 2.45) is 5.92 Å². The standard InChI is InChI=1S/C10H18N4O3S/c1-2-3-13-6-9(10(11)12-13)18(16,17)14-4-8(5-14)7-15/h6,8,15H,2-5,7H2,1H3,(H2,11,12). The number of nitrogens with zero attached hydrogens (tertiary/aromatic N) is 3. The van der Waals surface area contributed by atoms with Crippen molar-refractivity contribution in [1.82, 2.24) is 14.1 Å². The van der Waals surface area contributed by atoms with Crippen molar-refractivity contribution in [3.05, 3.63) is 6.20 Å². The van der Waals surface area contributed by atoms with E-state index in [1.807, 2.05) is 6.92 Å². The molecule has 0 bridgehead atoms. The van der Waals surface area contributed by atoms with Crippen LogP contribution in [0.2, 0.25) is 0 Å². The lowest BCUT2D eigenvalue weighted by molar-refractivity contribution is 0.117. The van der Waals surface area contributed by atoms with Gasteiger partial charge in [-0.05, 0) is 6.42 Å². The average molecular weight is 274 g/mol. The molecule has 8 heteroatoms. The number of nitrogen functional groups attached to an aromatic ring is 1. The van der Waals surface area contributed by atoms with Gasteiger partial charge in [0.25, 0.3) is 0 Å². The van der Waals surface area contributed by atoms with Crippen LogP contribution in [0.5, 0.6) is 0 Å². The SMILES string of the molecule is CCCn1cc(S(=O)(=O)N2CC(CO)C2)c(N)n1. The fourth-order valence-electron chi connectivity index (χ4n) is 1.93. The van der Waals surface area contributed by atoms with Crippen molar-refractivity contribution >= 4 is 15.8 Å². The maximum absolute atomic E-state index is 12.2. The van der Waals surface area contributed by atoms with E-state index >= 15 is 0 Å². The van der Waals surface area contributed by atoms with Gasteiger partial charge in [-0.1, -0.05) is 6.92 Å². The van der Waals surface area contributed by atoms with E-state index in [0.717, 1.165) is 6.42 Å². The Morgan fingerprint density at radius 1 is 1.56 bits per heavy atom. The van der Waals surface area contributed by atoms with E-state index in [9.17, 15) is 8.42 Å². The molecule has 0 spiro atoms. The minimum Gasteiger partial charge on any atom is -0.396 e. The van der Waals surface area contributed by atoms with Gasteiger partial charge in [-0.25, -0.2) is 8.42 Å². The van der Waals surface area contributed by atoms with E-state index < -0.39 is 10.0 Å². The highest BCUT2D eigenvalue weighted by molar-refractivity contribution is 7.89. The summed E-state index contributed by atoms with van der Waals surface area (Å²) >= 11 is 0. The van der Waals surface area contributed by atoms with Gasteiger partial charge in [0, 0.05) is 38.4 Å². The molecule has 1 aromatic rings. The largest absolute Gasteiger partial charge is 0.396 e. The minimum absolute atomic E-state index is 0.0105. The van der Waals surface area contributed by atoms with Gasteiger partial charge >= 0.3 is 0 Å². The number of aryl methyl sites for hydroxylation is 1. The van der Waals surface area contributed by atoms with Crippen LogP contribution < -0.4 is 5.73 Å². The summed E-state index contributed by atoms with van der Waals surface area (Å²) in [7, 11) is -3.56. The van der Waals surface area contributed by atoms with Crippen molar-refractivity contribution in [2.75, 3.05) is 25.4 Å². The van der Waals surface area contributed by atoms with Gasteiger partial charge in [-0.2, -0.15) is 9.40 Å². The van der Waals surface area contributed by atoms with Gasteiger partial charge in [0.05, 0.1) is 0 Å². The van der Waals surface area contributed by atoms with E-state index in [2.05, 4.69) is 5.10 Å². The van der Waals surface area contributed by atoms with Gasteiger partial charge in [0.1, 0.15) is 4.90 Å². The summed E-state index contributed by atoms with van der Waals surface area (Å²) in [5.74, 6) is 0.0718. The van der Waals surface area contributed by atoms with Crippen molar-refractivity contribution in [3.8, 4) is 0 Å². The molecule has 0 atom stereocenters. The van der Waals surface area contributed by atoms with Gasteiger partial charge in [0.15, 0.2) is 5.82 Å². The van der Waals surface area contributed by atoms with Crippen LogP contribution >= 0.6 is 0 Å². The van der Waals surface area contributed by atoms with Gasteiger partial charge in [0.2, 0.25) is 10.0 Å². The van der Waals surface area contributed by atoms with Crippen molar-refractivity contribution in [3.63, 3.8) is 0 Å². The van der Waals surface area contributed by atoms with Crippen LogP contribution in [0.3, 0.4) is 0 Å². The van der Waals surface area contributed by atoms with Crippen molar-refractivity contribution in [1.29, 1.82) is 0 Å². The number of rotatable bonds is 5. The molecule has 0 aliphatic carbocycles. The van der Waals surface area contributed by atoms with Crippen LogP contribution in [0.25, 0.3) is 0 Å². The topological polar surface area (TPSA) is 101 Å². The highest BCUT2D eigenvalue weighted by Gasteiger charge is 2.38. The van der Waals surface area contributed by atoms with Gasteiger partial charge in [-0.3, -0.25) is 4.68 Å². The molecule has 0 unspecified atom stereocenters. The first-order chi connectivity index (χ1) is 8.48. The Bertz CT molecular complexity index is 519. The predicted molar refractivity (Wildman–Crippen MR) is 66.3 cm³/mol. The Hall–Kier alpha value is -1.12. The number of anilines is 1. The average Bonchev–Trinajstić information content (AvgIpc) is 2.59. The highest BCUT2D eigenvalue weighted by atomic mass is 32.2. The maximum atomic E-state index is 12.2. The first-order valence-electron chi connectivity index (χ1n) is 5.93. The zero-order valence-electron chi connectivity index (χ0n) is 10.3. The second-order valence-corrected chi connectivity index (χ2v) is 6.42. The highest BCUT2D eigenvalue weighted by Crippen LogP contribution is 2.27. The number of aliphatic hydroxyl groups is 1. The third-order valence-electron chi connectivity index (χ3n) is 3.01. The number of hydrogen-bond acceptors (Lipinski definition) is 5. The lowest BCUT2D eigenvalue weighted by Gasteiger charge is -2.36. The molecule has 1 aliphatic rings. The zero-order valence-corrected chi connectivity index (χ0v) is 11.1. The number of nitrogens with two attached hydrogens (primary N) is 1. The molecule has 1 aromatic heterocycles. The van der Waals surface area contributed by atoms with E-state index in [1.54, 1.807) is 4.68 Å². The fourth-order valence-corrected chi connectivity index (χ4v) is 3.59. The molecule has 2 rings (SSSR count). The first kappa shape index (κ1) is 13.3. The summed E-state index contributed by atoms with van der Waals surface area (Å²) in [4.78, 5) is 0.0624. The maximum Gasteiger partial charge on any atom is 0.248 e. The first-order valence-corrected chi connectivity index (χ1v) is 7.37. The molecule has 102 valence electrons. The molecular weight excluding hydrogens is 256 g/mol. The Morgan fingerprint density at radius 2 is 2.22 bits per heavy atom. The Kier molecular flexibility index (Phi) is 3.60. The van der Waals surface area contributed by atoms with Crippen LogP contribution in [-0.2, 0) is 16.6 Å². The zero-order chi connectivity index (χ0) is 13.3. The molecule has 0 amide bonds. The molecule has 1 saturated heterocycles. The molecule has 0 saturated carbocycles. The molecule has 2 heterocycles. The molecular formula is C10H18N4O3S. The second-order valence-electron chi connectivity index (χ2n) is 4.51. The van der Waals surface area contributed by atoms with E-state index in [0.29, 0.717) is 19.6 Å². The lowest BCUT2D eigenvalue weighted by atomic mass is 10.1. The van der Waals surface area contributed by atoms with Crippen LogP contribution in [0.4, 0.5) is 5.82 Å². The van der Waals surface area contributed by atoms with Crippen molar-refractivity contribution in [2.45, 2.75) is 24.8 Å². The van der Waals surface area contributed by atoms with Crippen LogP contribution in [0, 0.1) is 5.92 Å². The third-order valence-corrected chi connectivity index (χ3v) is 4.86. The van der Waals surface area contributed by atoms with E-state index in [4.69, 9.17) is 10.8 Å². The number of aliphatic hydroxyl groups excluding tert-OH is 1. The summed E-state index contributed by atoms with van der Waals surface area (Å²) in [6, 6.07) is 0. The van der Waals surface area contributed by atoms with Gasteiger partial charge < -0.3 is 10.8 Å². The molecule has 3 N–H and O–H groups in total. The monoisotopic (exact) mass is 274 g/mol. The molecule has 1 aliphatic heterocycles. The normalized spacial score (nSPS) is 17.9. The summed E-state index contributed by atoms with van der Waals surface area (Å²) < 4.78 is 27.3. The summed E-state index contributed by atoms with van der Waals surface area (Å²) in [5.41, 5.74) is 5.65. The fraction of sp³-hybridized carbons (Fsp3) is 0.700. The van der Waals surface area contributed by atoms with Crippen molar-refractivity contribution < 1.29 is 13.5 Å². The Balaban J connectivity index is 2.20. The van der Waals surface area contributed by atoms with E-state index in [1.165, 1.54) is 10.5 Å². The quantitative estimate of drug-likeness (QED) is 0.753. The molecule has 7 nitrogen and oxygen atoms in total. The third kappa shape index (κ3) is 2.23. The number of aromatic nitrogens is 2. The molecule has 0 aromatic carbocycles. The Morgan fingerprint density at radius 3 is 2.78 bits per heavy atom. The second kappa shape index (κ2) is 4.87. The Labute approximate surface area is 106 Å². The van der Waals surface area contributed by atoms with Crippen LogP contribution in [-0.4, -0.2) is 47.3 Å². The molecule has 18 heavy (non-hydrogen) atoms. The smallest absolute Gasteiger partial charge is 0.248 e. The van der Waals surface area contributed by atoms with Crippen LogP contribution in [0.15, 0.2) is 11.1 Å². The summed E-state index contributed by atoms with van der Waals surface area (Å²) in [6.45, 7) is 3.32. The molecule has 0 radical (unpaired) electrons. The number of sulfonamides is 1. The van der Waals surface area contributed by atoms with Crippen LogP contribution in [0.1, 0.15) is 13.3 Å². The lowest BCUT2D eigenvalue weighted by Crippen LogP contribution is -2.51. The van der Waals surface area contributed by atoms with E-state index in [-0.39, 0.29) is 23.2 Å². The summed E-state index contributed by atoms with van der Waals surface area (Å²) in [6.07, 6.45) is 2.33.